The second kappa shape index (κ2) is 13.1. The molecular formula is C27H16Cl2N6O10. The Morgan fingerprint density at radius 1 is 0.533 bits per heavy atom. The molecule has 0 heterocycles. The van der Waals surface area contributed by atoms with Crippen molar-refractivity contribution in [2.24, 2.45) is 0 Å². The second-order valence-corrected chi connectivity index (χ2v) is 10.0. The summed E-state index contributed by atoms with van der Waals surface area (Å²) in [5.41, 5.74) is -1.55. The molecule has 0 saturated carbocycles. The number of nitro groups is 4. The molecule has 0 spiro atoms. The van der Waals surface area contributed by atoms with Gasteiger partial charge in [-0.2, -0.15) is 0 Å². The van der Waals surface area contributed by atoms with Gasteiger partial charge < -0.3 is 10.6 Å². The minimum atomic E-state index is -0.861. The Kier molecular flexibility index (Phi) is 9.30. The fourth-order valence-corrected chi connectivity index (χ4v) is 4.54. The Morgan fingerprint density at radius 2 is 0.844 bits per heavy atom. The first-order valence-corrected chi connectivity index (χ1v) is 13.0. The number of benzene rings is 4. The van der Waals surface area contributed by atoms with Crippen LogP contribution in [-0.4, -0.2) is 31.5 Å². The van der Waals surface area contributed by atoms with E-state index in [4.69, 9.17) is 23.2 Å². The molecule has 4 rings (SSSR count). The molecule has 0 bridgehead atoms. The summed E-state index contributed by atoms with van der Waals surface area (Å²) in [7, 11) is 0. The van der Waals surface area contributed by atoms with Gasteiger partial charge in [-0.3, -0.25) is 50.0 Å². The number of nitrogens with zero attached hydrogens (tertiary/aromatic N) is 4. The fourth-order valence-electron chi connectivity index (χ4n) is 4.04. The third-order valence-corrected chi connectivity index (χ3v) is 6.77. The molecule has 45 heavy (non-hydrogen) atoms. The zero-order valence-electron chi connectivity index (χ0n) is 22.3. The molecule has 2 amide bonds. The molecule has 0 aliphatic rings. The van der Waals surface area contributed by atoms with Crippen molar-refractivity contribution in [3.8, 4) is 0 Å². The Morgan fingerprint density at radius 3 is 1.11 bits per heavy atom. The third-order valence-electron chi connectivity index (χ3n) is 6.14. The number of nitro benzene ring substituents is 4. The number of anilines is 2. The van der Waals surface area contributed by atoms with Crippen LogP contribution in [0.25, 0.3) is 0 Å². The predicted molar refractivity (Wildman–Crippen MR) is 161 cm³/mol. The van der Waals surface area contributed by atoms with Gasteiger partial charge in [0.15, 0.2) is 0 Å². The Bertz CT molecular complexity index is 1730. The van der Waals surface area contributed by atoms with E-state index in [0.29, 0.717) is 11.1 Å². The first-order chi connectivity index (χ1) is 21.2. The van der Waals surface area contributed by atoms with Gasteiger partial charge in [0.05, 0.1) is 64.4 Å². The predicted octanol–water partition coefficient (Wildman–Crippen LogP) is 6.72. The van der Waals surface area contributed by atoms with Crippen LogP contribution >= 0.6 is 23.2 Å². The molecule has 0 aliphatic carbocycles. The van der Waals surface area contributed by atoms with Gasteiger partial charge in [-0.05, 0) is 41.8 Å². The SMILES string of the molecule is O=C(Nc1ccc(Cc2ccc(NC(=O)c3cc([N+](=O)[O-])cc([N+](=O)[O-])c3)c(Cl)c2)cc1Cl)c1cc([N+](=O)[O-])cc([N+](=O)[O-])c1. The monoisotopic (exact) mass is 654 g/mol. The van der Waals surface area contributed by atoms with Crippen LogP contribution < -0.4 is 10.6 Å². The van der Waals surface area contributed by atoms with Crippen molar-refractivity contribution in [1.29, 1.82) is 0 Å². The third kappa shape index (κ3) is 7.70. The summed E-state index contributed by atoms with van der Waals surface area (Å²) in [6, 6.07) is 14.3. The normalized spacial score (nSPS) is 10.5. The quantitative estimate of drug-likeness (QED) is 0.135. The average molecular weight is 655 g/mol. The van der Waals surface area contributed by atoms with Crippen LogP contribution in [0.4, 0.5) is 34.1 Å². The largest absolute Gasteiger partial charge is 0.321 e. The van der Waals surface area contributed by atoms with E-state index in [9.17, 15) is 50.0 Å². The number of rotatable bonds is 10. The summed E-state index contributed by atoms with van der Waals surface area (Å²) >= 11 is 12.7. The van der Waals surface area contributed by atoms with Crippen LogP contribution in [0.2, 0.25) is 10.0 Å². The van der Waals surface area contributed by atoms with Crippen LogP contribution in [0.1, 0.15) is 31.8 Å². The minimum absolute atomic E-state index is 0.0989. The van der Waals surface area contributed by atoms with Gasteiger partial charge in [0.1, 0.15) is 0 Å². The van der Waals surface area contributed by atoms with Gasteiger partial charge in [0, 0.05) is 24.3 Å². The van der Waals surface area contributed by atoms with Crippen molar-refractivity contribution in [1.82, 2.24) is 0 Å². The molecule has 0 saturated heterocycles. The second-order valence-electron chi connectivity index (χ2n) is 9.22. The van der Waals surface area contributed by atoms with Gasteiger partial charge in [0.2, 0.25) is 0 Å². The highest BCUT2D eigenvalue weighted by Crippen LogP contribution is 2.30. The molecule has 0 atom stereocenters. The number of halogens is 2. The molecule has 18 heteroatoms. The molecule has 228 valence electrons. The lowest BCUT2D eigenvalue weighted by molar-refractivity contribution is -0.394. The van der Waals surface area contributed by atoms with E-state index in [1.807, 2.05) is 0 Å². The van der Waals surface area contributed by atoms with Gasteiger partial charge in [-0.15, -0.1) is 0 Å². The molecular weight excluding hydrogens is 639 g/mol. The number of carbonyl (C=O) groups excluding carboxylic acids is 2. The van der Waals surface area contributed by atoms with Crippen molar-refractivity contribution in [2.45, 2.75) is 6.42 Å². The highest BCUT2D eigenvalue weighted by molar-refractivity contribution is 6.34. The minimum Gasteiger partial charge on any atom is -0.321 e. The number of nitrogens with one attached hydrogen (secondary N) is 2. The standard InChI is InChI=1S/C27H16Cl2N6O10/c28-22-6-14(1-3-24(22)30-26(36)16-8-18(32(38)39)12-19(9-16)33(40)41)5-15-2-4-25(23(29)7-15)31-27(37)17-10-20(34(42)43)13-21(11-17)35(44)45/h1-4,6-13H,5H2,(H,30,36)(H,31,37). The van der Waals surface area contributed by atoms with Gasteiger partial charge in [0.25, 0.3) is 34.6 Å². The van der Waals surface area contributed by atoms with Crippen molar-refractivity contribution in [3.05, 3.63) is 146 Å². The molecule has 0 aromatic heterocycles. The maximum Gasteiger partial charge on any atom is 0.277 e. The van der Waals surface area contributed by atoms with E-state index in [0.717, 1.165) is 36.4 Å². The molecule has 0 fully saturated rings. The Labute approximate surface area is 260 Å². The molecule has 2 N–H and O–H groups in total. The number of hydrogen-bond acceptors (Lipinski definition) is 10. The first-order valence-electron chi connectivity index (χ1n) is 12.3. The van der Waals surface area contributed by atoms with E-state index in [2.05, 4.69) is 10.6 Å². The van der Waals surface area contributed by atoms with Crippen molar-refractivity contribution >= 4 is 69.1 Å². The van der Waals surface area contributed by atoms with Crippen LogP contribution in [0, 0.1) is 40.5 Å². The Hall–Kier alpha value is -6.00. The molecule has 4 aromatic carbocycles. The summed E-state index contributed by atoms with van der Waals surface area (Å²) in [6.07, 6.45) is 0.288. The smallest absolute Gasteiger partial charge is 0.277 e. The van der Waals surface area contributed by atoms with Crippen LogP contribution in [0.5, 0.6) is 0 Å². The summed E-state index contributed by atoms with van der Waals surface area (Å²) < 4.78 is 0. The first kappa shape index (κ1) is 31.9. The van der Waals surface area contributed by atoms with Gasteiger partial charge in [-0.1, -0.05) is 35.3 Å². The summed E-state index contributed by atoms with van der Waals surface area (Å²) in [6.45, 7) is 0. The zero-order valence-corrected chi connectivity index (χ0v) is 23.8. The number of amides is 2. The van der Waals surface area contributed by atoms with Crippen molar-refractivity contribution < 1.29 is 29.3 Å². The summed E-state index contributed by atoms with van der Waals surface area (Å²) in [5, 5.41) is 49.6. The number of carbonyl (C=O) groups is 2. The van der Waals surface area contributed by atoms with E-state index in [1.54, 1.807) is 12.1 Å². The fraction of sp³-hybridized carbons (Fsp3) is 0.0370. The van der Waals surface area contributed by atoms with Gasteiger partial charge >= 0.3 is 0 Å². The topological polar surface area (TPSA) is 231 Å². The lowest BCUT2D eigenvalue weighted by atomic mass is 10.0. The lowest BCUT2D eigenvalue weighted by Crippen LogP contribution is -2.13. The average Bonchev–Trinajstić information content (AvgIpc) is 2.99. The van der Waals surface area contributed by atoms with Crippen LogP contribution in [0.15, 0.2) is 72.8 Å². The number of hydrogen-bond donors (Lipinski definition) is 2. The Balaban J connectivity index is 1.47. The van der Waals surface area contributed by atoms with Crippen molar-refractivity contribution in [2.75, 3.05) is 10.6 Å². The maximum atomic E-state index is 12.7. The summed E-state index contributed by atoms with van der Waals surface area (Å²) in [4.78, 5) is 66.5. The highest BCUT2D eigenvalue weighted by Gasteiger charge is 2.22. The molecule has 0 unspecified atom stereocenters. The van der Waals surface area contributed by atoms with E-state index in [-0.39, 0.29) is 39.0 Å². The molecule has 4 aromatic rings. The zero-order chi connectivity index (χ0) is 33.0. The van der Waals surface area contributed by atoms with Gasteiger partial charge in [-0.25, -0.2) is 0 Å². The van der Waals surface area contributed by atoms with Crippen LogP contribution in [-0.2, 0) is 6.42 Å². The van der Waals surface area contributed by atoms with E-state index in [1.165, 1.54) is 24.3 Å². The molecule has 0 aliphatic heterocycles. The van der Waals surface area contributed by atoms with E-state index < -0.39 is 54.3 Å². The lowest BCUT2D eigenvalue weighted by Gasteiger charge is -2.11. The van der Waals surface area contributed by atoms with Crippen LogP contribution in [0.3, 0.4) is 0 Å². The molecule has 0 radical (unpaired) electrons. The summed E-state index contributed by atoms with van der Waals surface area (Å²) in [5.74, 6) is -1.72. The maximum absolute atomic E-state index is 12.7. The van der Waals surface area contributed by atoms with Crippen molar-refractivity contribution in [3.63, 3.8) is 0 Å². The number of non-ortho nitro benzene ring substituents is 4. The van der Waals surface area contributed by atoms with E-state index >= 15 is 0 Å². The highest BCUT2D eigenvalue weighted by atomic mass is 35.5. The molecule has 16 nitrogen and oxygen atoms in total.